The average Bonchev–Trinajstić information content (AvgIpc) is 2.46. The number of ether oxygens (including phenoxy) is 1. The second kappa shape index (κ2) is 6.91. The number of hydrogen-bond donors (Lipinski definition) is 1. The molecule has 0 aromatic heterocycles. The van der Waals surface area contributed by atoms with Crippen LogP contribution < -0.4 is 5.32 Å². The highest BCUT2D eigenvalue weighted by Crippen LogP contribution is 2.31. The van der Waals surface area contributed by atoms with Crippen molar-refractivity contribution in [3.8, 4) is 0 Å². The first kappa shape index (κ1) is 15.0. The first-order chi connectivity index (χ1) is 10.3. The van der Waals surface area contributed by atoms with Gasteiger partial charge in [0.25, 0.3) is 0 Å². The molecular weight excluding hydrogens is 260 g/mol. The van der Waals surface area contributed by atoms with E-state index in [0.29, 0.717) is 18.2 Å². The fourth-order valence-corrected chi connectivity index (χ4v) is 3.68. The van der Waals surface area contributed by atoms with Crippen LogP contribution in [0.1, 0.15) is 32.3 Å². The molecular formula is C18H28N2O. The van der Waals surface area contributed by atoms with Crippen LogP contribution in [-0.4, -0.2) is 48.8 Å². The van der Waals surface area contributed by atoms with E-state index in [9.17, 15) is 0 Å². The van der Waals surface area contributed by atoms with Crippen molar-refractivity contribution in [3.05, 3.63) is 35.9 Å². The van der Waals surface area contributed by atoms with Crippen LogP contribution in [0.3, 0.4) is 0 Å². The second-order valence-corrected chi connectivity index (χ2v) is 6.54. The molecule has 1 heterocycles. The van der Waals surface area contributed by atoms with Crippen LogP contribution >= 0.6 is 0 Å². The Morgan fingerprint density at radius 2 is 2.00 bits per heavy atom. The minimum Gasteiger partial charge on any atom is -0.378 e. The summed E-state index contributed by atoms with van der Waals surface area (Å²) in [5, 5.41) is 3.71. The summed E-state index contributed by atoms with van der Waals surface area (Å²) in [4.78, 5) is 2.71. The van der Waals surface area contributed by atoms with Gasteiger partial charge in [-0.2, -0.15) is 0 Å². The van der Waals surface area contributed by atoms with Gasteiger partial charge >= 0.3 is 0 Å². The molecule has 1 saturated carbocycles. The molecule has 2 atom stereocenters. The Kier molecular flexibility index (Phi) is 4.94. The summed E-state index contributed by atoms with van der Waals surface area (Å²) in [6.45, 7) is 7.56. The Bertz CT molecular complexity index is 430. The third-order valence-electron chi connectivity index (χ3n) is 4.97. The Morgan fingerprint density at radius 3 is 2.71 bits per heavy atom. The van der Waals surface area contributed by atoms with Gasteiger partial charge < -0.3 is 10.1 Å². The van der Waals surface area contributed by atoms with Gasteiger partial charge in [0.05, 0.1) is 6.10 Å². The molecule has 1 N–H and O–H groups in total. The van der Waals surface area contributed by atoms with Crippen molar-refractivity contribution in [2.24, 2.45) is 0 Å². The Balaban J connectivity index is 1.53. The number of nitrogens with zero attached hydrogens (tertiary/aromatic N) is 1. The van der Waals surface area contributed by atoms with Gasteiger partial charge in [-0.05, 0) is 38.7 Å². The third kappa shape index (κ3) is 3.65. The fourth-order valence-electron chi connectivity index (χ4n) is 3.68. The lowest BCUT2D eigenvalue weighted by molar-refractivity contribution is -0.0640. The van der Waals surface area contributed by atoms with Crippen LogP contribution in [0.15, 0.2) is 30.3 Å². The summed E-state index contributed by atoms with van der Waals surface area (Å²) in [6, 6.07) is 12.8. The van der Waals surface area contributed by atoms with Gasteiger partial charge in [-0.1, -0.05) is 30.3 Å². The van der Waals surface area contributed by atoms with Crippen LogP contribution in [0.5, 0.6) is 0 Å². The van der Waals surface area contributed by atoms with Crippen LogP contribution in [0, 0.1) is 0 Å². The molecule has 1 aromatic rings. The fraction of sp³-hybridized carbons (Fsp3) is 0.667. The van der Waals surface area contributed by atoms with Crippen LogP contribution in [0.25, 0.3) is 0 Å². The van der Waals surface area contributed by atoms with Gasteiger partial charge in [-0.15, -0.1) is 0 Å². The van der Waals surface area contributed by atoms with Crippen molar-refractivity contribution in [2.45, 2.75) is 57.3 Å². The Hall–Kier alpha value is -0.900. The Morgan fingerprint density at radius 1 is 1.24 bits per heavy atom. The lowest BCUT2D eigenvalue weighted by Crippen LogP contribution is -2.62. The molecule has 3 heteroatoms. The smallest absolute Gasteiger partial charge is 0.0604 e. The van der Waals surface area contributed by atoms with Crippen LogP contribution in [-0.2, 0) is 11.2 Å². The monoisotopic (exact) mass is 288 g/mol. The SMILES string of the molecule is CCOC1CC(N2CC(Cc3ccccc3)NCC2C)C1. The summed E-state index contributed by atoms with van der Waals surface area (Å²) in [5.41, 5.74) is 1.44. The van der Waals surface area contributed by atoms with E-state index in [1.165, 1.54) is 24.9 Å². The number of benzene rings is 1. The summed E-state index contributed by atoms with van der Waals surface area (Å²) >= 11 is 0. The summed E-state index contributed by atoms with van der Waals surface area (Å²) in [7, 11) is 0. The van der Waals surface area contributed by atoms with E-state index >= 15 is 0 Å². The van der Waals surface area contributed by atoms with Crippen molar-refractivity contribution in [3.63, 3.8) is 0 Å². The maximum Gasteiger partial charge on any atom is 0.0604 e. The largest absolute Gasteiger partial charge is 0.378 e. The zero-order valence-corrected chi connectivity index (χ0v) is 13.3. The first-order valence-corrected chi connectivity index (χ1v) is 8.41. The molecule has 1 aliphatic carbocycles. The van der Waals surface area contributed by atoms with Crippen molar-refractivity contribution in [2.75, 3.05) is 19.7 Å². The van der Waals surface area contributed by atoms with Gasteiger partial charge in [0.1, 0.15) is 0 Å². The molecule has 2 fully saturated rings. The minimum atomic E-state index is 0.509. The molecule has 1 saturated heterocycles. The number of hydrogen-bond acceptors (Lipinski definition) is 3. The second-order valence-electron chi connectivity index (χ2n) is 6.54. The number of piperazine rings is 1. The highest BCUT2D eigenvalue weighted by Gasteiger charge is 2.38. The van der Waals surface area contributed by atoms with Crippen molar-refractivity contribution in [1.29, 1.82) is 0 Å². The van der Waals surface area contributed by atoms with Crippen molar-refractivity contribution in [1.82, 2.24) is 10.2 Å². The molecule has 0 spiro atoms. The van der Waals surface area contributed by atoms with Gasteiger partial charge in [0.2, 0.25) is 0 Å². The molecule has 2 aliphatic rings. The highest BCUT2D eigenvalue weighted by molar-refractivity contribution is 5.16. The molecule has 2 unspecified atom stereocenters. The van der Waals surface area contributed by atoms with Gasteiger partial charge in [0.15, 0.2) is 0 Å². The summed E-state index contributed by atoms with van der Waals surface area (Å²) in [6.07, 6.45) is 4.08. The lowest BCUT2D eigenvalue weighted by Gasteiger charge is -2.49. The minimum absolute atomic E-state index is 0.509. The van der Waals surface area contributed by atoms with Gasteiger partial charge in [-0.3, -0.25) is 4.90 Å². The molecule has 21 heavy (non-hydrogen) atoms. The summed E-state index contributed by atoms with van der Waals surface area (Å²) in [5.74, 6) is 0. The third-order valence-corrected chi connectivity index (χ3v) is 4.97. The first-order valence-electron chi connectivity index (χ1n) is 8.41. The zero-order valence-electron chi connectivity index (χ0n) is 13.3. The molecule has 3 rings (SSSR count). The highest BCUT2D eigenvalue weighted by atomic mass is 16.5. The number of nitrogens with one attached hydrogen (secondary N) is 1. The van der Waals surface area contributed by atoms with E-state index in [4.69, 9.17) is 4.74 Å². The normalized spacial score (nSPS) is 33.6. The molecule has 3 nitrogen and oxygen atoms in total. The van der Waals surface area contributed by atoms with Crippen molar-refractivity contribution >= 4 is 0 Å². The molecule has 1 aromatic carbocycles. The molecule has 1 aliphatic heterocycles. The quantitative estimate of drug-likeness (QED) is 0.901. The molecule has 0 amide bonds. The summed E-state index contributed by atoms with van der Waals surface area (Å²) < 4.78 is 5.71. The number of rotatable bonds is 5. The van der Waals surface area contributed by atoms with Crippen molar-refractivity contribution < 1.29 is 4.74 Å². The molecule has 116 valence electrons. The zero-order chi connectivity index (χ0) is 14.7. The van der Waals surface area contributed by atoms with Crippen LogP contribution in [0.2, 0.25) is 0 Å². The van der Waals surface area contributed by atoms with E-state index in [0.717, 1.165) is 25.6 Å². The Labute approximate surface area is 128 Å². The topological polar surface area (TPSA) is 24.5 Å². The molecule has 0 radical (unpaired) electrons. The standard InChI is InChI=1S/C18H28N2O/c1-3-21-18-10-17(11-18)20-13-16(19-12-14(20)2)9-15-7-5-4-6-8-15/h4-8,14,16-19H,3,9-13H2,1-2H3. The van der Waals surface area contributed by atoms with E-state index in [1.807, 2.05) is 0 Å². The van der Waals surface area contributed by atoms with Crippen LogP contribution in [0.4, 0.5) is 0 Å². The van der Waals surface area contributed by atoms with E-state index in [2.05, 4.69) is 54.4 Å². The molecule has 0 bridgehead atoms. The average molecular weight is 288 g/mol. The maximum absolute atomic E-state index is 5.71. The van der Waals surface area contributed by atoms with Gasteiger partial charge in [0, 0.05) is 37.8 Å². The predicted molar refractivity (Wildman–Crippen MR) is 86.5 cm³/mol. The predicted octanol–water partition coefficient (Wildman–Crippen LogP) is 2.46. The van der Waals surface area contributed by atoms with Gasteiger partial charge in [-0.25, -0.2) is 0 Å². The van der Waals surface area contributed by atoms with E-state index in [-0.39, 0.29) is 0 Å². The van der Waals surface area contributed by atoms with E-state index in [1.54, 1.807) is 0 Å². The maximum atomic E-state index is 5.71. The van der Waals surface area contributed by atoms with E-state index < -0.39 is 0 Å². The lowest BCUT2D eigenvalue weighted by atomic mass is 9.85.